The smallest absolute Gasteiger partial charge is 0.330 e. The minimum Gasteiger partial charge on any atom is -0.497 e. The maximum atomic E-state index is 12.8. The molecule has 1 N–H and O–H groups in total. The van der Waals surface area contributed by atoms with Crippen LogP contribution in [0.5, 0.6) is 5.75 Å². The third kappa shape index (κ3) is 4.42. The number of H-pyrrole nitrogens is 1. The molecule has 0 aliphatic carbocycles. The molecule has 3 aromatic carbocycles. The molecule has 0 saturated carbocycles. The van der Waals surface area contributed by atoms with Gasteiger partial charge >= 0.3 is 5.97 Å². The lowest BCUT2D eigenvalue weighted by Gasteiger charge is -2.15. The van der Waals surface area contributed by atoms with Crippen LogP contribution in [-0.4, -0.2) is 36.9 Å². The van der Waals surface area contributed by atoms with Gasteiger partial charge in [0.1, 0.15) is 5.75 Å². The van der Waals surface area contributed by atoms with E-state index in [4.69, 9.17) is 14.5 Å². The number of carbonyl (C=O) groups is 1. The zero-order valence-corrected chi connectivity index (χ0v) is 18.5. The molecule has 162 valence electrons. The van der Waals surface area contributed by atoms with Crippen LogP contribution in [0.25, 0.3) is 10.9 Å². The van der Waals surface area contributed by atoms with Crippen LogP contribution in [-0.2, 0) is 16.0 Å². The van der Waals surface area contributed by atoms with Gasteiger partial charge in [-0.15, -0.1) is 0 Å². The topological polar surface area (TPSA) is 63.7 Å². The summed E-state index contributed by atoms with van der Waals surface area (Å²) in [6, 6.07) is 25.0. The summed E-state index contributed by atoms with van der Waals surface area (Å²) in [6.45, 7) is 2.01. The Kier molecular flexibility index (Phi) is 6.36. The van der Waals surface area contributed by atoms with E-state index in [1.54, 1.807) is 7.11 Å². The van der Waals surface area contributed by atoms with E-state index in [0.29, 0.717) is 6.42 Å². The van der Waals surface area contributed by atoms with Crippen molar-refractivity contribution in [1.82, 2.24) is 4.98 Å². The molecule has 0 saturated heterocycles. The van der Waals surface area contributed by atoms with Gasteiger partial charge in [-0.3, -0.25) is 4.99 Å². The first-order valence-electron chi connectivity index (χ1n) is 10.5. The summed E-state index contributed by atoms with van der Waals surface area (Å²) in [5.74, 6) is 0.399. The Balaban J connectivity index is 1.82. The molecular formula is C27H26N2O3. The lowest BCUT2D eigenvalue weighted by atomic mass is 9.99. The summed E-state index contributed by atoms with van der Waals surface area (Å²) in [7, 11) is 3.05. The highest BCUT2D eigenvalue weighted by Crippen LogP contribution is 2.28. The highest BCUT2D eigenvalue weighted by atomic mass is 16.5. The van der Waals surface area contributed by atoms with Crippen molar-refractivity contribution in [2.75, 3.05) is 14.2 Å². The normalized spacial score (nSPS) is 11.7. The first-order chi connectivity index (χ1) is 15.6. The number of nitrogens with zero attached hydrogens (tertiary/aromatic N) is 1. The standard InChI is InChI=1S/C27H26N2O3/c1-18-22(23-16-21(31-2)14-15-24(23)28-18)17-25(27(30)32-3)29-26(19-10-6-4-7-11-19)20-12-8-5-9-13-20/h4-16,25,28H,17H2,1-3H3/t25-/m0/s1. The van der Waals surface area contributed by atoms with Crippen molar-refractivity contribution in [3.63, 3.8) is 0 Å². The molecule has 32 heavy (non-hydrogen) atoms. The number of aryl methyl sites for hydroxylation is 1. The maximum Gasteiger partial charge on any atom is 0.330 e. The van der Waals surface area contributed by atoms with Crippen LogP contribution in [0, 0.1) is 6.92 Å². The number of rotatable bonds is 7. The molecule has 1 aromatic heterocycles. The number of hydrogen-bond donors (Lipinski definition) is 1. The van der Waals surface area contributed by atoms with Gasteiger partial charge < -0.3 is 14.5 Å². The molecule has 1 atom stereocenters. The summed E-state index contributed by atoms with van der Waals surface area (Å²) in [4.78, 5) is 21.2. The lowest BCUT2D eigenvalue weighted by molar-refractivity contribution is -0.142. The van der Waals surface area contributed by atoms with E-state index < -0.39 is 6.04 Å². The summed E-state index contributed by atoms with van der Waals surface area (Å²) in [5, 5.41) is 1.02. The molecule has 4 aromatic rings. The van der Waals surface area contributed by atoms with Gasteiger partial charge in [0.2, 0.25) is 0 Å². The number of aromatic nitrogens is 1. The first-order valence-corrected chi connectivity index (χ1v) is 10.5. The summed E-state index contributed by atoms with van der Waals surface area (Å²) >= 11 is 0. The Morgan fingerprint density at radius 1 is 0.938 bits per heavy atom. The molecule has 0 aliphatic rings. The number of fused-ring (bicyclic) bond motifs is 1. The minimum atomic E-state index is -0.695. The van der Waals surface area contributed by atoms with E-state index in [1.165, 1.54) is 7.11 Å². The molecule has 5 heteroatoms. The molecule has 0 bridgehead atoms. The van der Waals surface area contributed by atoms with E-state index in [0.717, 1.165) is 44.7 Å². The third-order valence-electron chi connectivity index (χ3n) is 5.58. The predicted molar refractivity (Wildman–Crippen MR) is 128 cm³/mol. The fraction of sp³-hybridized carbons (Fsp3) is 0.185. The fourth-order valence-corrected chi connectivity index (χ4v) is 3.93. The molecule has 0 unspecified atom stereocenters. The Bertz CT molecular complexity index is 1200. The van der Waals surface area contributed by atoms with Gasteiger partial charge in [0, 0.05) is 34.1 Å². The summed E-state index contributed by atoms with van der Waals surface area (Å²) in [5.41, 5.74) is 5.68. The number of aliphatic imine (C=N–C) groups is 1. The SMILES string of the molecule is COC(=O)[C@H](Cc1c(C)[nH]c2ccc(OC)cc12)N=C(c1ccccc1)c1ccccc1. The minimum absolute atomic E-state index is 0.369. The van der Waals surface area contributed by atoms with Crippen molar-refractivity contribution in [2.45, 2.75) is 19.4 Å². The molecule has 0 radical (unpaired) electrons. The number of carbonyl (C=O) groups excluding carboxylic acids is 1. The van der Waals surface area contributed by atoms with Crippen molar-refractivity contribution in [3.8, 4) is 5.75 Å². The second kappa shape index (κ2) is 9.52. The van der Waals surface area contributed by atoms with Gasteiger partial charge in [0.25, 0.3) is 0 Å². The molecule has 0 spiro atoms. The monoisotopic (exact) mass is 426 g/mol. The van der Waals surface area contributed by atoms with E-state index in [2.05, 4.69) is 4.98 Å². The van der Waals surface area contributed by atoms with Crippen molar-refractivity contribution in [3.05, 3.63) is 101 Å². The van der Waals surface area contributed by atoms with Crippen LogP contribution in [0.2, 0.25) is 0 Å². The quantitative estimate of drug-likeness (QED) is 0.330. The van der Waals surface area contributed by atoms with E-state index in [-0.39, 0.29) is 5.97 Å². The van der Waals surface area contributed by atoms with E-state index >= 15 is 0 Å². The zero-order valence-electron chi connectivity index (χ0n) is 18.5. The largest absolute Gasteiger partial charge is 0.497 e. The average Bonchev–Trinajstić information content (AvgIpc) is 3.16. The van der Waals surface area contributed by atoms with Gasteiger partial charge in [-0.05, 0) is 30.7 Å². The van der Waals surface area contributed by atoms with Gasteiger partial charge in [-0.2, -0.15) is 0 Å². The van der Waals surface area contributed by atoms with Crippen molar-refractivity contribution >= 4 is 22.6 Å². The molecule has 0 aliphatic heterocycles. The highest BCUT2D eigenvalue weighted by Gasteiger charge is 2.24. The van der Waals surface area contributed by atoms with Gasteiger partial charge in [-0.25, -0.2) is 4.79 Å². The molecule has 5 nitrogen and oxygen atoms in total. The van der Waals surface area contributed by atoms with E-state index in [9.17, 15) is 4.79 Å². The number of aromatic amines is 1. The Labute approximate surface area is 187 Å². The molecule has 0 fully saturated rings. The predicted octanol–water partition coefficient (Wildman–Crippen LogP) is 5.11. The number of ether oxygens (including phenoxy) is 2. The Morgan fingerprint density at radius 2 is 1.56 bits per heavy atom. The van der Waals surface area contributed by atoms with Crippen molar-refractivity contribution < 1.29 is 14.3 Å². The fourth-order valence-electron chi connectivity index (χ4n) is 3.93. The summed E-state index contributed by atoms with van der Waals surface area (Å²) < 4.78 is 10.6. The number of methoxy groups -OCH3 is 2. The van der Waals surface area contributed by atoms with Gasteiger partial charge in [0.05, 0.1) is 19.9 Å². The van der Waals surface area contributed by atoms with Crippen LogP contribution in [0.3, 0.4) is 0 Å². The van der Waals surface area contributed by atoms with E-state index in [1.807, 2.05) is 85.8 Å². The molecule has 4 rings (SSSR count). The Hall–Kier alpha value is -3.86. The maximum absolute atomic E-state index is 12.8. The van der Waals surface area contributed by atoms with Crippen LogP contribution in [0.1, 0.15) is 22.4 Å². The first kappa shape index (κ1) is 21.4. The van der Waals surface area contributed by atoms with Crippen molar-refractivity contribution in [1.29, 1.82) is 0 Å². The van der Waals surface area contributed by atoms with Crippen LogP contribution < -0.4 is 4.74 Å². The number of benzene rings is 3. The number of nitrogens with one attached hydrogen (secondary N) is 1. The molecule has 0 amide bonds. The average molecular weight is 427 g/mol. The summed E-state index contributed by atoms with van der Waals surface area (Å²) in [6.07, 6.45) is 0.412. The Morgan fingerprint density at radius 3 is 2.12 bits per heavy atom. The number of esters is 1. The van der Waals surface area contributed by atoms with Gasteiger partial charge in [-0.1, -0.05) is 60.7 Å². The second-order valence-corrected chi connectivity index (χ2v) is 7.59. The second-order valence-electron chi connectivity index (χ2n) is 7.59. The molecular weight excluding hydrogens is 400 g/mol. The van der Waals surface area contributed by atoms with Gasteiger partial charge in [0.15, 0.2) is 6.04 Å². The van der Waals surface area contributed by atoms with Crippen LogP contribution in [0.15, 0.2) is 83.9 Å². The highest BCUT2D eigenvalue weighted by molar-refractivity contribution is 6.13. The zero-order chi connectivity index (χ0) is 22.5. The van der Waals surface area contributed by atoms with Crippen LogP contribution in [0.4, 0.5) is 0 Å². The number of hydrogen-bond acceptors (Lipinski definition) is 4. The molecule has 1 heterocycles. The van der Waals surface area contributed by atoms with Crippen molar-refractivity contribution in [2.24, 2.45) is 4.99 Å². The van der Waals surface area contributed by atoms with Crippen LogP contribution >= 0.6 is 0 Å². The lowest BCUT2D eigenvalue weighted by Crippen LogP contribution is -2.25. The third-order valence-corrected chi connectivity index (χ3v) is 5.58.